The lowest BCUT2D eigenvalue weighted by Crippen LogP contribution is -2.22. The van der Waals surface area contributed by atoms with Crippen LogP contribution in [0.5, 0.6) is 0 Å². The Morgan fingerprint density at radius 3 is 3.11 bits per heavy atom. The number of amidine groups is 1. The molecule has 1 N–H and O–H groups in total. The standard InChI is InChI=1S/C15H22N2S/c1-3-5-14-11-17-15(18-14)16-9-8-13-7-4-6-12(2)10-13/h4,6-7,10,14H,3,5,8-9,11H2,1-2H3,(H,16,17). The lowest BCUT2D eigenvalue weighted by Gasteiger charge is -2.08. The molecule has 0 spiro atoms. The minimum atomic E-state index is 0.705. The number of nitrogens with one attached hydrogen (secondary N) is 1. The topological polar surface area (TPSA) is 24.4 Å². The summed E-state index contributed by atoms with van der Waals surface area (Å²) in [6.45, 7) is 6.35. The Morgan fingerprint density at radius 2 is 2.33 bits per heavy atom. The number of hydrogen-bond donors (Lipinski definition) is 1. The summed E-state index contributed by atoms with van der Waals surface area (Å²) in [4.78, 5) is 4.55. The summed E-state index contributed by atoms with van der Waals surface area (Å²) in [7, 11) is 0. The highest BCUT2D eigenvalue weighted by atomic mass is 32.2. The van der Waals surface area contributed by atoms with Crippen molar-refractivity contribution in [3.05, 3.63) is 35.4 Å². The molecule has 0 saturated heterocycles. The van der Waals surface area contributed by atoms with Crippen LogP contribution in [0.3, 0.4) is 0 Å². The fourth-order valence-corrected chi connectivity index (χ4v) is 3.32. The number of aliphatic imine (C=N–C) groups is 1. The zero-order valence-electron chi connectivity index (χ0n) is 11.3. The van der Waals surface area contributed by atoms with Crippen molar-refractivity contribution in [3.8, 4) is 0 Å². The van der Waals surface area contributed by atoms with Gasteiger partial charge in [0.25, 0.3) is 0 Å². The molecule has 2 nitrogen and oxygen atoms in total. The number of rotatable bonds is 5. The van der Waals surface area contributed by atoms with Gasteiger partial charge in [-0.25, -0.2) is 0 Å². The monoisotopic (exact) mass is 262 g/mol. The second-order valence-electron chi connectivity index (χ2n) is 4.84. The Labute approximate surface area is 114 Å². The average Bonchev–Trinajstić information content (AvgIpc) is 2.78. The van der Waals surface area contributed by atoms with Crippen molar-refractivity contribution in [2.75, 3.05) is 13.1 Å². The van der Waals surface area contributed by atoms with Gasteiger partial charge in [0.1, 0.15) is 0 Å². The number of aryl methyl sites for hydroxylation is 1. The van der Waals surface area contributed by atoms with Crippen LogP contribution in [-0.4, -0.2) is 23.5 Å². The number of thioether (sulfide) groups is 1. The maximum Gasteiger partial charge on any atom is 0.156 e. The molecule has 3 heteroatoms. The van der Waals surface area contributed by atoms with Gasteiger partial charge in [0.05, 0.1) is 6.54 Å². The largest absolute Gasteiger partial charge is 0.365 e. The highest BCUT2D eigenvalue weighted by Crippen LogP contribution is 2.23. The fourth-order valence-electron chi connectivity index (χ4n) is 2.17. The molecule has 0 saturated carbocycles. The first-order valence-corrected chi connectivity index (χ1v) is 7.66. The van der Waals surface area contributed by atoms with Crippen molar-refractivity contribution < 1.29 is 0 Å². The average molecular weight is 262 g/mol. The molecule has 1 aromatic carbocycles. The molecule has 0 aromatic heterocycles. The second kappa shape index (κ2) is 6.83. The SMILES string of the molecule is CCCC1CN=C(NCCc2cccc(C)c2)S1. The number of hydrogen-bond acceptors (Lipinski definition) is 3. The van der Waals surface area contributed by atoms with Crippen LogP contribution in [0.25, 0.3) is 0 Å². The smallest absolute Gasteiger partial charge is 0.156 e. The third kappa shape index (κ3) is 4.05. The quantitative estimate of drug-likeness (QED) is 0.879. The molecule has 1 aliphatic heterocycles. The Hall–Kier alpha value is -0.960. The van der Waals surface area contributed by atoms with Crippen molar-refractivity contribution >= 4 is 16.9 Å². The van der Waals surface area contributed by atoms with Gasteiger partial charge in [0.15, 0.2) is 5.17 Å². The molecular formula is C15H22N2S. The minimum absolute atomic E-state index is 0.705. The molecule has 98 valence electrons. The van der Waals surface area contributed by atoms with Crippen molar-refractivity contribution in [3.63, 3.8) is 0 Å². The molecule has 1 aliphatic rings. The van der Waals surface area contributed by atoms with Crippen LogP contribution in [0.1, 0.15) is 30.9 Å². The van der Waals surface area contributed by atoms with Gasteiger partial charge in [-0.2, -0.15) is 0 Å². The first kappa shape index (κ1) is 13.5. The van der Waals surface area contributed by atoms with Gasteiger partial charge >= 0.3 is 0 Å². The summed E-state index contributed by atoms with van der Waals surface area (Å²) in [5.41, 5.74) is 2.74. The van der Waals surface area contributed by atoms with Gasteiger partial charge in [0, 0.05) is 11.8 Å². The zero-order valence-corrected chi connectivity index (χ0v) is 12.1. The highest BCUT2D eigenvalue weighted by molar-refractivity contribution is 8.14. The third-order valence-electron chi connectivity index (χ3n) is 3.10. The lowest BCUT2D eigenvalue weighted by atomic mass is 10.1. The zero-order chi connectivity index (χ0) is 12.8. The molecule has 1 aromatic rings. The van der Waals surface area contributed by atoms with Crippen molar-refractivity contribution in [1.82, 2.24) is 5.32 Å². The Morgan fingerprint density at radius 1 is 1.44 bits per heavy atom. The third-order valence-corrected chi connectivity index (χ3v) is 4.31. The van der Waals surface area contributed by atoms with E-state index in [0.29, 0.717) is 5.25 Å². The summed E-state index contributed by atoms with van der Waals surface area (Å²) in [6, 6.07) is 8.72. The van der Waals surface area contributed by atoms with Crippen molar-refractivity contribution in [2.24, 2.45) is 4.99 Å². The van der Waals surface area contributed by atoms with Gasteiger partial charge in [-0.1, -0.05) is 54.9 Å². The van der Waals surface area contributed by atoms with Gasteiger partial charge in [-0.15, -0.1) is 0 Å². The van der Waals surface area contributed by atoms with E-state index in [9.17, 15) is 0 Å². The summed E-state index contributed by atoms with van der Waals surface area (Å²) in [5, 5.41) is 5.30. The molecular weight excluding hydrogens is 240 g/mol. The van der Waals surface area contributed by atoms with Crippen LogP contribution >= 0.6 is 11.8 Å². The molecule has 1 unspecified atom stereocenters. The highest BCUT2D eigenvalue weighted by Gasteiger charge is 2.17. The van der Waals surface area contributed by atoms with E-state index in [1.807, 2.05) is 11.8 Å². The van der Waals surface area contributed by atoms with Crippen LogP contribution in [-0.2, 0) is 6.42 Å². The van der Waals surface area contributed by atoms with Crippen molar-refractivity contribution in [1.29, 1.82) is 0 Å². The number of nitrogens with zero attached hydrogens (tertiary/aromatic N) is 1. The van der Waals surface area contributed by atoms with E-state index in [4.69, 9.17) is 0 Å². The summed E-state index contributed by atoms with van der Waals surface area (Å²) < 4.78 is 0. The molecule has 1 heterocycles. The van der Waals surface area contributed by atoms with Gasteiger partial charge in [0.2, 0.25) is 0 Å². The fraction of sp³-hybridized carbons (Fsp3) is 0.533. The van der Waals surface area contributed by atoms with E-state index in [1.165, 1.54) is 24.0 Å². The van der Waals surface area contributed by atoms with Crippen molar-refractivity contribution in [2.45, 2.75) is 38.4 Å². The molecule has 1 atom stereocenters. The molecule has 18 heavy (non-hydrogen) atoms. The van der Waals surface area contributed by atoms with E-state index in [-0.39, 0.29) is 0 Å². The van der Waals surface area contributed by atoms with Crippen LogP contribution < -0.4 is 5.32 Å². The Kier molecular flexibility index (Phi) is 5.12. The molecule has 0 bridgehead atoms. The van der Waals surface area contributed by atoms with Crippen LogP contribution in [0.15, 0.2) is 29.3 Å². The maximum absolute atomic E-state index is 4.55. The first-order chi connectivity index (χ1) is 8.78. The number of benzene rings is 1. The summed E-state index contributed by atoms with van der Waals surface area (Å²) >= 11 is 1.91. The van der Waals surface area contributed by atoms with E-state index in [2.05, 4.69) is 48.4 Å². The predicted molar refractivity (Wildman–Crippen MR) is 81.5 cm³/mol. The molecule has 0 aliphatic carbocycles. The second-order valence-corrected chi connectivity index (χ2v) is 6.13. The molecule has 2 rings (SSSR count). The van der Waals surface area contributed by atoms with E-state index < -0.39 is 0 Å². The molecule has 0 radical (unpaired) electrons. The van der Waals surface area contributed by atoms with E-state index in [0.717, 1.165) is 24.7 Å². The van der Waals surface area contributed by atoms with Crippen LogP contribution in [0.2, 0.25) is 0 Å². The van der Waals surface area contributed by atoms with Crippen LogP contribution in [0, 0.1) is 6.92 Å². The summed E-state index contributed by atoms with van der Waals surface area (Å²) in [5.74, 6) is 0. The maximum atomic E-state index is 4.55. The van der Waals surface area contributed by atoms with Gasteiger partial charge in [-0.3, -0.25) is 4.99 Å². The molecule has 0 amide bonds. The Balaban J connectivity index is 1.70. The van der Waals surface area contributed by atoms with Gasteiger partial charge in [-0.05, 0) is 25.3 Å². The predicted octanol–water partition coefficient (Wildman–Crippen LogP) is 3.40. The lowest BCUT2D eigenvalue weighted by molar-refractivity contribution is 0.753. The molecule has 0 fully saturated rings. The normalized spacial score (nSPS) is 18.8. The van der Waals surface area contributed by atoms with Crippen LogP contribution in [0.4, 0.5) is 0 Å². The first-order valence-electron chi connectivity index (χ1n) is 6.78. The minimum Gasteiger partial charge on any atom is -0.365 e. The van der Waals surface area contributed by atoms with E-state index in [1.54, 1.807) is 0 Å². The van der Waals surface area contributed by atoms with E-state index >= 15 is 0 Å². The summed E-state index contributed by atoms with van der Waals surface area (Å²) in [6.07, 6.45) is 3.60. The van der Waals surface area contributed by atoms with Gasteiger partial charge < -0.3 is 5.32 Å². The Bertz CT molecular complexity index is 415.